The number of carbonyl (C=O) groups is 1. The molecule has 0 heterocycles. The number of carbonyl (C=O) groups excluding carboxylic acids is 1. The Hall–Kier alpha value is -0.910. The average Bonchev–Trinajstić information content (AvgIpc) is 2.62. The molecular weight excluding hydrogens is 254 g/mol. The van der Waals surface area contributed by atoms with Crippen LogP contribution >= 0.6 is 0 Å². The first-order valence-corrected chi connectivity index (χ1v) is 6.73. The molecule has 3 unspecified atom stereocenters. The first-order chi connectivity index (χ1) is 8.69. The minimum atomic E-state index is -2.40. The lowest BCUT2D eigenvalue weighted by atomic mass is 10.1. The highest BCUT2D eigenvalue weighted by atomic mass is 19.3. The predicted octanol–water partition coefficient (Wildman–Crippen LogP) is 2.68. The Morgan fingerprint density at radius 2 is 1.84 bits per heavy atom. The van der Waals surface area contributed by atoms with Gasteiger partial charge in [0.2, 0.25) is 0 Å². The number of ether oxygens (including phenoxy) is 1. The monoisotopic (exact) mass is 278 g/mol. The zero-order valence-corrected chi connectivity index (χ0v) is 12.0. The molecule has 1 amide bonds. The quantitative estimate of drug-likeness (QED) is 0.831. The molecule has 4 nitrogen and oxygen atoms in total. The fourth-order valence-corrected chi connectivity index (χ4v) is 2.20. The van der Waals surface area contributed by atoms with Crippen molar-refractivity contribution in [3.05, 3.63) is 0 Å². The number of hydrogen-bond donors (Lipinski definition) is 2. The molecule has 3 atom stereocenters. The van der Waals surface area contributed by atoms with Crippen LogP contribution in [-0.2, 0) is 4.74 Å². The average molecular weight is 278 g/mol. The molecule has 0 aromatic carbocycles. The number of alkyl carbamates (subject to hydrolysis) is 1. The minimum Gasteiger partial charge on any atom is -0.444 e. The lowest BCUT2D eigenvalue weighted by molar-refractivity contribution is 0.0490. The van der Waals surface area contributed by atoms with Crippen molar-refractivity contribution in [1.82, 2.24) is 10.6 Å². The van der Waals surface area contributed by atoms with E-state index in [0.717, 1.165) is 19.3 Å². The largest absolute Gasteiger partial charge is 0.444 e. The van der Waals surface area contributed by atoms with Gasteiger partial charge in [0.1, 0.15) is 5.60 Å². The van der Waals surface area contributed by atoms with E-state index < -0.39 is 24.2 Å². The van der Waals surface area contributed by atoms with E-state index in [1.54, 1.807) is 20.8 Å². The number of rotatable bonds is 4. The summed E-state index contributed by atoms with van der Waals surface area (Å²) in [5.74, 6) is 0. The molecule has 1 fully saturated rings. The first-order valence-electron chi connectivity index (χ1n) is 6.73. The van der Waals surface area contributed by atoms with Crippen molar-refractivity contribution in [3.63, 3.8) is 0 Å². The summed E-state index contributed by atoms with van der Waals surface area (Å²) in [4.78, 5) is 11.7. The SMILES string of the molecule is CC(NC1CCCC1NC(=O)OC(C)(C)C)C(F)F. The van der Waals surface area contributed by atoms with Gasteiger partial charge in [-0.15, -0.1) is 0 Å². The minimum absolute atomic E-state index is 0.114. The lowest BCUT2D eigenvalue weighted by Gasteiger charge is -2.27. The van der Waals surface area contributed by atoms with E-state index in [0.29, 0.717) is 0 Å². The third-order valence-corrected chi connectivity index (χ3v) is 3.07. The summed E-state index contributed by atoms with van der Waals surface area (Å²) in [6.07, 6.45) is -0.406. The second kappa shape index (κ2) is 6.50. The molecule has 0 radical (unpaired) electrons. The Morgan fingerprint density at radius 1 is 1.26 bits per heavy atom. The summed E-state index contributed by atoms with van der Waals surface area (Å²) in [6.45, 7) is 6.81. The van der Waals surface area contributed by atoms with Crippen molar-refractivity contribution in [2.75, 3.05) is 0 Å². The number of amides is 1. The van der Waals surface area contributed by atoms with E-state index in [1.807, 2.05) is 0 Å². The molecule has 1 aliphatic rings. The molecule has 1 rings (SSSR count). The highest BCUT2D eigenvalue weighted by molar-refractivity contribution is 5.68. The van der Waals surface area contributed by atoms with Crippen LogP contribution in [0.3, 0.4) is 0 Å². The smallest absolute Gasteiger partial charge is 0.407 e. The molecule has 6 heteroatoms. The van der Waals surface area contributed by atoms with Crippen molar-refractivity contribution in [3.8, 4) is 0 Å². The molecule has 0 aliphatic heterocycles. The highest BCUT2D eigenvalue weighted by Crippen LogP contribution is 2.21. The summed E-state index contributed by atoms with van der Waals surface area (Å²) < 4.78 is 30.2. The second-order valence-electron chi connectivity index (χ2n) is 6.08. The van der Waals surface area contributed by atoms with E-state index >= 15 is 0 Å². The van der Waals surface area contributed by atoms with Crippen molar-refractivity contribution >= 4 is 6.09 Å². The van der Waals surface area contributed by atoms with Gasteiger partial charge >= 0.3 is 6.09 Å². The predicted molar refractivity (Wildman–Crippen MR) is 69.4 cm³/mol. The van der Waals surface area contributed by atoms with Gasteiger partial charge in [-0.1, -0.05) is 0 Å². The molecule has 19 heavy (non-hydrogen) atoms. The van der Waals surface area contributed by atoms with Gasteiger partial charge in [-0.3, -0.25) is 0 Å². The Balaban J connectivity index is 2.46. The standard InChI is InChI=1S/C13H24F2N2O2/c1-8(11(14)15)16-9-6-5-7-10(9)17-12(18)19-13(2,3)4/h8-11,16H,5-7H2,1-4H3,(H,17,18). The third-order valence-electron chi connectivity index (χ3n) is 3.07. The normalized spacial score (nSPS) is 25.4. The summed E-state index contributed by atoms with van der Waals surface area (Å²) in [5, 5.41) is 5.64. The topological polar surface area (TPSA) is 50.4 Å². The molecule has 0 spiro atoms. The maximum atomic E-state index is 12.5. The zero-order chi connectivity index (χ0) is 14.6. The number of hydrogen-bond acceptors (Lipinski definition) is 3. The fourth-order valence-electron chi connectivity index (χ4n) is 2.20. The molecule has 0 saturated heterocycles. The van der Waals surface area contributed by atoms with Crippen LogP contribution in [0.5, 0.6) is 0 Å². The number of halogens is 2. The van der Waals surface area contributed by atoms with Crippen LogP contribution in [0.4, 0.5) is 13.6 Å². The Labute approximate surface area is 113 Å². The number of nitrogens with one attached hydrogen (secondary N) is 2. The van der Waals surface area contributed by atoms with Gasteiger partial charge in [-0.25, -0.2) is 13.6 Å². The van der Waals surface area contributed by atoms with Gasteiger partial charge in [0.15, 0.2) is 0 Å². The van der Waals surface area contributed by atoms with Crippen molar-refractivity contribution in [2.24, 2.45) is 0 Å². The zero-order valence-electron chi connectivity index (χ0n) is 12.0. The fraction of sp³-hybridized carbons (Fsp3) is 0.923. The molecule has 0 aromatic rings. The van der Waals surface area contributed by atoms with Gasteiger partial charge in [0, 0.05) is 12.1 Å². The molecular formula is C13H24F2N2O2. The molecule has 0 aromatic heterocycles. The maximum Gasteiger partial charge on any atom is 0.407 e. The van der Waals surface area contributed by atoms with Crippen LogP contribution in [-0.4, -0.2) is 36.2 Å². The Kier molecular flexibility index (Phi) is 5.52. The first kappa shape index (κ1) is 16.1. The van der Waals surface area contributed by atoms with Crippen LogP contribution in [0.25, 0.3) is 0 Å². The Bertz CT molecular complexity index is 306. The van der Waals surface area contributed by atoms with E-state index in [-0.39, 0.29) is 12.1 Å². The molecule has 2 N–H and O–H groups in total. The summed E-state index contributed by atoms with van der Waals surface area (Å²) in [5.41, 5.74) is -0.554. The van der Waals surface area contributed by atoms with Gasteiger partial charge in [-0.05, 0) is 47.0 Å². The molecule has 112 valence electrons. The van der Waals surface area contributed by atoms with Crippen molar-refractivity contribution in [2.45, 2.75) is 77.1 Å². The molecule has 1 saturated carbocycles. The van der Waals surface area contributed by atoms with Gasteiger partial charge in [-0.2, -0.15) is 0 Å². The summed E-state index contributed by atoms with van der Waals surface area (Å²) >= 11 is 0. The second-order valence-corrected chi connectivity index (χ2v) is 6.08. The van der Waals surface area contributed by atoms with Crippen LogP contribution in [0.2, 0.25) is 0 Å². The van der Waals surface area contributed by atoms with Crippen molar-refractivity contribution < 1.29 is 18.3 Å². The van der Waals surface area contributed by atoms with Gasteiger partial charge in [0.05, 0.1) is 6.04 Å². The highest BCUT2D eigenvalue weighted by Gasteiger charge is 2.32. The van der Waals surface area contributed by atoms with Gasteiger partial charge in [0.25, 0.3) is 6.43 Å². The van der Waals surface area contributed by atoms with Crippen LogP contribution in [0.15, 0.2) is 0 Å². The van der Waals surface area contributed by atoms with E-state index in [9.17, 15) is 13.6 Å². The van der Waals surface area contributed by atoms with E-state index in [4.69, 9.17) is 4.74 Å². The molecule has 1 aliphatic carbocycles. The van der Waals surface area contributed by atoms with E-state index in [2.05, 4.69) is 10.6 Å². The van der Waals surface area contributed by atoms with Gasteiger partial charge < -0.3 is 15.4 Å². The van der Waals surface area contributed by atoms with Crippen LogP contribution in [0, 0.1) is 0 Å². The summed E-state index contributed by atoms with van der Waals surface area (Å²) in [7, 11) is 0. The van der Waals surface area contributed by atoms with Crippen LogP contribution < -0.4 is 10.6 Å². The van der Waals surface area contributed by atoms with E-state index in [1.165, 1.54) is 6.92 Å². The third kappa shape index (κ3) is 5.72. The van der Waals surface area contributed by atoms with Crippen LogP contribution in [0.1, 0.15) is 47.0 Å². The molecule has 0 bridgehead atoms. The lowest BCUT2D eigenvalue weighted by Crippen LogP contribution is -2.51. The maximum absolute atomic E-state index is 12.5. The summed E-state index contributed by atoms with van der Waals surface area (Å²) in [6, 6.07) is -1.13. The Morgan fingerprint density at radius 3 is 2.37 bits per heavy atom. The number of alkyl halides is 2. The van der Waals surface area contributed by atoms with Crippen molar-refractivity contribution in [1.29, 1.82) is 0 Å².